The molecule has 0 unspecified atom stereocenters. The first-order chi connectivity index (χ1) is 14.6. The minimum absolute atomic E-state index is 0.0901. The van der Waals surface area contributed by atoms with Gasteiger partial charge in [-0.15, -0.1) is 0 Å². The minimum Gasteiger partial charge on any atom is -0.454 e. The quantitative estimate of drug-likeness (QED) is 0.558. The van der Waals surface area contributed by atoms with E-state index in [9.17, 15) is 9.59 Å². The summed E-state index contributed by atoms with van der Waals surface area (Å²) < 4.78 is 13.5. The number of hydrogen-bond acceptors (Lipinski definition) is 6. The van der Waals surface area contributed by atoms with Crippen LogP contribution in [-0.2, 0) is 13.6 Å². The minimum atomic E-state index is -0.423. The summed E-state index contributed by atoms with van der Waals surface area (Å²) >= 11 is 0. The van der Waals surface area contributed by atoms with Crippen molar-refractivity contribution in [3.63, 3.8) is 0 Å². The van der Waals surface area contributed by atoms with Gasteiger partial charge >= 0.3 is 0 Å². The number of hydrogen-bond donors (Lipinski definition) is 1. The molecule has 0 spiro atoms. The number of nitrogens with zero attached hydrogens (tertiary/aromatic N) is 4. The Balaban J connectivity index is 1.50. The van der Waals surface area contributed by atoms with Gasteiger partial charge in [0.1, 0.15) is 5.52 Å². The Morgan fingerprint density at radius 1 is 1.13 bits per heavy atom. The van der Waals surface area contributed by atoms with Gasteiger partial charge in [0.25, 0.3) is 11.5 Å². The van der Waals surface area contributed by atoms with Gasteiger partial charge < -0.3 is 19.4 Å². The fraction of sp³-hybridized carbons (Fsp3) is 0.143. The second-order valence-electron chi connectivity index (χ2n) is 6.82. The number of amides is 1. The molecular weight excluding hydrogens is 386 g/mol. The number of aromatic nitrogens is 4. The number of carbonyl (C=O) groups is 1. The molecule has 30 heavy (non-hydrogen) atoms. The maximum atomic E-state index is 12.9. The summed E-state index contributed by atoms with van der Waals surface area (Å²) in [5.41, 5.74) is 1.83. The molecule has 9 heteroatoms. The van der Waals surface area contributed by atoms with E-state index in [1.54, 1.807) is 13.1 Å². The highest BCUT2D eigenvalue weighted by Crippen LogP contribution is 2.32. The zero-order valence-electron chi connectivity index (χ0n) is 16.0. The fourth-order valence-electron chi connectivity index (χ4n) is 3.31. The van der Waals surface area contributed by atoms with Crippen LogP contribution in [0.2, 0.25) is 0 Å². The third-order valence-corrected chi connectivity index (χ3v) is 4.85. The molecule has 1 aliphatic heterocycles. The lowest BCUT2D eigenvalue weighted by Crippen LogP contribution is -2.24. The monoisotopic (exact) mass is 403 g/mol. The van der Waals surface area contributed by atoms with Gasteiger partial charge in [0, 0.05) is 13.6 Å². The summed E-state index contributed by atoms with van der Waals surface area (Å²) in [6, 6.07) is 14.6. The van der Waals surface area contributed by atoms with Crippen LogP contribution in [0.5, 0.6) is 11.5 Å². The van der Waals surface area contributed by atoms with Crippen molar-refractivity contribution in [1.82, 2.24) is 24.6 Å². The molecule has 4 aromatic rings. The molecule has 0 saturated heterocycles. The molecule has 1 N–H and O–H groups in total. The van der Waals surface area contributed by atoms with Crippen molar-refractivity contribution >= 4 is 16.9 Å². The zero-order chi connectivity index (χ0) is 20.7. The second-order valence-corrected chi connectivity index (χ2v) is 6.82. The summed E-state index contributed by atoms with van der Waals surface area (Å²) in [4.78, 5) is 30.0. The van der Waals surface area contributed by atoms with E-state index < -0.39 is 5.91 Å². The van der Waals surface area contributed by atoms with Crippen molar-refractivity contribution in [3.05, 3.63) is 76.5 Å². The molecule has 0 fully saturated rings. The molecule has 0 saturated carbocycles. The third kappa shape index (κ3) is 2.96. The zero-order valence-corrected chi connectivity index (χ0v) is 16.0. The largest absolute Gasteiger partial charge is 0.454 e. The van der Waals surface area contributed by atoms with Crippen molar-refractivity contribution in [2.45, 2.75) is 6.54 Å². The van der Waals surface area contributed by atoms with Crippen molar-refractivity contribution in [3.8, 4) is 17.2 Å². The van der Waals surface area contributed by atoms with E-state index in [-0.39, 0.29) is 35.6 Å². The van der Waals surface area contributed by atoms with E-state index in [0.717, 1.165) is 5.56 Å². The smallest absolute Gasteiger partial charge is 0.279 e. The highest BCUT2D eigenvalue weighted by atomic mass is 16.7. The number of nitrogens with one attached hydrogen (secondary N) is 1. The lowest BCUT2D eigenvalue weighted by molar-refractivity contribution is 0.0947. The van der Waals surface area contributed by atoms with Crippen molar-refractivity contribution < 1.29 is 14.3 Å². The standard InChI is InChI=1S/C21H17N5O4/c1-25-11-23-17-18(24-26(19(17)21(25)28)14-5-3-2-4-6-14)20(27)22-10-13-7-8-15-16(9-13)30-12-29-15/h2-9,11H,10,12H2,1H3,(H,22,27). The number of para-hydroxylation sites is 1. The molecule has 3 heterocycles. The number of benzene rings is 2. The fourth-order valence-corrected chi connectivity index (χ4v) is 3.31. The van der Waals surface area contributed by atoms with E-state index in [1.165, 1.54) is 15.6 Å². The first kappa shape index (κ1) is 17.9. The van der Waals surface area contributed by atoms with Crippen LogP contribution >= 0.6 is 0 Å². The first-order valence-corrected chi connectivity index (χ1v) is 9.28. The van der Waals surface area contributed by atoms with Crippen LogP contribution < -0.4 is 20.3 Å². The Morgan fingerprint density at radius 2 is 1.93 bits per heavy atom. The predicted molar refractivity (Wildman–Crippen MR) is 108 cm³/mol. The molecule has 2 aromatic carbocycles. The predicted octanol–water partition coefficient (Wildman–Crippen LogP) is 1.78. The maximum Gasteiger partial charge on any atom is 0.279 e. The van der Waals surface area contributed by atoms with Crippen molar-refractivity contribution in [1.29, 1.82) is 0 Å². The summed E-state index contributed by atoms with van der Waals surface area (Å²) in [5, 5.41) is 7.25. The van der Waals surface area contributed by atoms with E-state index in [4.69, 9.17) is 9.47 Å². The Bertz CT molecular complexity index is 1330. The number of rotatable bonds is 4. The van der Waals surface area contributed by atoms with Crippen LogP contribution in [0.1, 0.15) is 16.1 Å². The summed E-state index contributed by atoms with van der Waals surface area (Å²) in [6.45, 7) is 0.453. The number of carbonyl (C=O) groups excluding carboxylic acids is 1. The molecule has 1 aliphatic rings. The van der Waals surface area contributed by atoms with Crippen molar-refractivity contribution in [2.75, 3.05) is 6.79 Å². The average molecular weight is 403 g/mol. The van der Waals surface area contributed by atoms with Gasteiger partial charge in [0.15, 0.2) is 22.7 Å². The first-order valence-electron chi connectivity index (χ1n) is 9.28. The van der Waals surface area contributed by atoms with Crippen LogP contribution in [0.3, 0.4) is 0 Å². The molecule has 0 radical (unpaired) electrons. The molecule has 9 nitrogen and oxygen atoms in total. The molecule has 0 bridgehead atoms. The van der Waals surface area contributed by atoms with Gasteiger partial charge in [-0.1, -0.05) is 24.3 Å². The van der Waals surface area contributed by atoms with Crippen LogP contribution in [0.15, 0.2) is 59.7 Å². The van der Waals surface area contributed by atoms with E-state index in [1.807, 2.05) is 42.5 Å². The van der Waals surface area contributed by atoms with Gasteiger partial charge in [-0.05, 0) is 29.8 Å². The number of aryl methyl sites for hydroxylation is 1. The average Bonchev–Trinajstić information content (AvgIpc) is 3.40. The third-order valence-electron chi connectivity index (χ3n) is 4.85. The lowest BCUT2D eigenvalue weighted by Gasteiger charge is -2.05. The number of ether oxygens (including phenoxy) is 2. The highest BCUT2D eigenvalue weighted by molar-refractivity contribution is 6.03. The Hall–Kier alpha value is -4.14. The van der Waals surface area contributed by atoms with Gasteiger partial charge in [-0.3, -0.25) is 9.59 Å². The van der Waals surface area contributed by atoms with Crippen LogP contribution in [0.25, 0.3) is 16.7 Å². The second kappa shape index (κ2) is 7.03. The topological polar surface area (TPSA) is 100 Å². The van der Waals surface area contributed by atoms with Gasteiger partial charge in [0.2, 0.25) is 6.79 Å². The number of fused-ring (bicyclic) bond motifs is 2. The molecular formula is C21H17N5O4. The Kier molecular flexibility index (Phi) is 4.20. The molecule has 0 atom stereocenters. The highest BCUT2D eigenvalue weighted by Gasteiger charge is 2.22. The van der Waals surface area contributed by atoms with E-state index >= 15 is 0 Å². The summed E-state index contributed by atoms with van der Waals surface area (Å²) in [5.74, 6) is 0.900. The molecule has 1 amide bonds. The van der Waals surface area contributed by atoms with E-state index in [0.29, 0.717) is 17.2 Å². The van der Waals surface area contributed by atoms with E-state index in [2.05, 4.69) is 15.4 Å². The molecule has 150 valence electrons. The molecule has 5 rings (SSSR count). The normalized spacial score (nSPS) is 12.3. The van der Waals surface area contributed by atoms with Gasteiger partial charge in [-0.25, -0.2) is 9.67 Å². The molecule has 0 aliphatic carbocycles. The van der Waals surface area contributed by atoms with Gasteiger partial charge in [0.05, 0.1) is 12.0 Å². The molecule has 2 aromatic heterocycles. The van der Waals surface area contributed by atoms with Crippen LogP contribution in [-0.4, -0.2) is 32.0 Å². The SMILES string of the molecule is Cn1cnc2c(C(=O)NCc3ccc4c(c3)OCO4)nn(-c3ccccc3)c2c1=O. The Labute approximate surface area is 170 Å². The maximum absolute atomic E-state index is 12.9. The van der Waals surface area contributed by atoms with Gasteiger partial charge in [-0.2, -0.15) is 5.10 Å². The summed E-state index contributed by atoms with van der Waals surface area (Å²) in [7, 11) is 1.61. The van der Waals surface area contributed by atoms with Crippen molar-refractivity contribution in [2.24, 2.45) is 7.05 Å². The van der Waals surface area contributed by atoms with Crippen LogP contribution in [0.4, 0.5) is 0 Å². The lowest BCUT2D eigenvalue weighted by atomic mass is 10.2. The summed E-state index contributed by atoms with van der Waals surface area (Å²) in [6.07, 6.45) is 1.39. The van der Waals surface area contributed by atoms with Crippen LogP contribution in [0, 0.1) is 0 Å². The Morgan fingerprint density at radius 3 is 2.77 bits per heavy atom.